The molecule has 0 bridgehead atoms. The van der Waals surface area contributed by atoms with Gasteiger partial charge in [0.1, 0.15) is 12.8 Å². The smallest absolute Gasteiger partial charge is 0.254 e. The molecule has 27 heavy (non-hydrogen) atoms. The van der Waals surface area contributed by atoms with Gasteiger partial charge in [0.05, 0.1) is 0 Å². The van der Waals surface area contributed by atoms with Crippen molar-refractivity contribution in [3.63, 3.8) is 0 Å². The minimum absolute atomic E-state index is 0.0257. The van der Waals surface area contributed by atoms with E-state index in [0.717, 1.165) is 12.8 Å². The summed E-state index contributed by atoms with van der Waals surface area (Å²) >= 11 is 0. The summed E-state index contributed by atoms with van der Waals surface area (Å²) in [6, 6.07) is 9.28. The Balaban J connectivity index is 2.01. The van der Waals surface area contributed by atoms with E-state index in [1.807, 2.05) is 38.1 Å². The summed E-state index contributed by atoms with van der Waals surface area (Å²) in [4.78, 5) is 26.7. The van der Waals surface area contributed by atoms with Crippen LogP contribution < -0.4 is 5.32 Å². The van der Waals surface area contributed by atoms with Gasteiger partial charge in [-0.05, 0) is 36.5 Å². The highest BCUT2D eigenvalue weighted by Gasteiger charge is 2.20. The molecular formula is C21H29N3O3. The fourth-order valence-corrected chi connectivity index (χ4v) is 2.87. The van der Waals surface area contributed by atoms with Crippen LogP contribution in [0.25, 0.3) is 0 Å². The Bertz CT molecular complexity index is 709. The van der Waals surface area contributed by atoms with Crippen LogP contribution in [-0.4, -0.2) is 35.0 Å². The highest BCUT2D eigenvalue weighted by molar-refractivity contribution is 5.99. The summed E-state index contributed by atoms with van der Waals surface area (Å²) in [5.74, 6) is 0.156. The van der Waals surface area contributed by atoms with Crippen LogP contribution in [0.1, 0.15) is 56.0 Å². The number of unbranched alkanes of at least 4 members (excludes halogenated alkanes) is 2. The van der Waals surface area contributed by atoms with Crippen molar-refractivity contribution in [3.8, 4) is 0 Å². The molecular weight excluding hydrogens is 342 g/mol. The zero-order valence-corrected chi connectivity index (χ0v) is 16.4. The maximum Gasteiger partial charge on any atom is 0.254 e. The van der Waals surface area contributed by atoms with Crippen molar-refractivity contribution in [2.75, 3.05) is 18.4 Å². The Hall–Kier alpha value is -2.63. The van der Waals surface area contributed by atoms with Gasteiger partial charge >= 0.3 is 0 Å². The van der Waals surface area contributed by atoms with Crippen molar-refractivity contribution in [1.29, 1.82) is 0 Å². The van der Waals surface area contributed by atoms with Gasteiger partial charge in [0.25, 0.3) is 5.91 Å². The number of rotatable bonds is 10. The molecule has 2 amide bonds. The van der Waals surface area contributed by atoms with E-state index >= 15 is 0 Å². The number of benzene rings is 1. The first-order valence-electron chi connectivity index (χ1n) is 9.58. The molecule has 1 heterocycles. The van der Waals surface area contributed by atoms with Crippen LogP contribution in [0.3, 0.4) is 0 Å². The predicted octanol–water partition coefficient (Wildman–Crippen LogP) is 4.14. The molecule has 0 unspecified atom stereocenters. The average molecular weight is 371 g/mol. The van der Waals surface area contributed by atoms with Gasteiger partial charge in [0.15, 0.2) is 5.82 Å². The van der Waals surface area contributed by atoms with Gasteiger partial charge in [-0.1, -0.05) is 50.9 Å². The number of nitrogens with one attached hydrogen (secondary N) is 1. The lowest BCUT2D eigenvalue weighted by atomic mass is 10.0. The standard InChI is InChI=1S/C21H29N3O3/c1-4-5-6-7-17-8-10-18(11-9-17)21(26)24(14-16(2)3)15-20(25)22-19-12-13-27-23-19/h8-13,16H,4-7,14-15H2,1-3H3,(H,22,23,25). The second-order valence-corrected chi connectivity index (χ2v) is 7.17. The van der Waals surface area contributed by atoms with E-state index in [-0.39, 0.29) is 24.3 Å². The number of carbonyl (C=O) groups is 2. The Kier molecular flexibility index (Phi) is 8.04. The Morgan fingerprint density at radius 3 is 2.48 bits per heavy atom. The number of hydrogen-bond acceptors (Lipinski definition) is 4. The van der Waals surface area contributed by atoms with E-state index in [9.17, 15) is 9.59 Å². The van der Waals surface area contributed by atoms with Crippen LogP contribution in [0.15, 0.2) is 41.1 Å². The average Bonchev–Trinajstić information content (AvgIpc) is 3.14. The molecule has 6 nitrogen and oxygen atoms in total. The third-order valence-electron chi connectivity index (χ3n) is 4.18. The van der Waals surface area contributed by atoms with Crippen LogP contribution in [-0.2, 0) is 11.2 Å². The highest BCUT2D eigenvalue weighted by Crippen LogP contribution is 2.12. The van der Waals surface area contributed by atoms with Crippen molar-refractivity contribution >= 4 is 17.6 Å². The summed E-state index contributed by atoms with van der Waals surface area (Å²) in [7, 11) is 0. The molecule has 0 aliphatic carbocycles. The van der Waals surface area contributed by atoms with Crippen LogP contribution in [0.2, 0.25) is 0 Å². The van der Waals surface area contributed by atoms with Crippen LogP contribution in [0, 0.1) is 5.92 Å². The molecule has 0 atom stereocenters. The highest BCUT2D eigenvalue weighted by atomic mass is 16.5. The molecule has 1 aromatic heterocycles. The molecule has 0 aliphatic heterocycles. The maximum atomic E-state index is 12.9. The SMILES string of the molecule is CCCCCc1ccc(C(=O)N(CC(=O)Nc2ccon2)CC(C)C)cc1. The van der Waals surface area contributed by atoms with Crippen molar-refractivity contribution in [3.05, 3.63) is 47.7 Å². The molecule has 6 heteroatoms. The minimum Gasteiger partial charge on any atom is -0.363 e. The van der Waals surface area contributed by atoms with E-state index in [1.54, 1.807) is 11.0 Å². The molecule has 0 fully saturated rings. The number of amides is 2. The molecule has 2 rings (SSSR count). The number of carbonyl (C=O) groups excluding carboxylic acids is 2. The Morgan fingerprint density at radius 1 is 1.15 bits per heavy atom. The van der Waals surface area contributed by atoms with Gasteiger partial charge in [-0.25, -0.2) is 0 Å². The Morgan fingerprint density at radius 2 is 1.89 bits per heavy atom. The van der Waals surface area contributed by atoms with Gasteiger partial charge in [0.2, 0.25) is 5.91 Å². The number of aryl methyl sites for hydroxylation is 1. The third kappa shape index (κ3) is 6.89. The summed E-state index contributed by atoms with van der Waals surface area (Å²) in [5, 5.41) is 6.29. The normalized spacial score (nSPS) is 10.8. The van der Waals surface area contributed by atoms with E-state index < -0.39 is 0 Å². The third-order valence-corrected chi connectivity index (χ3v) is 4.18. The summed E-state index contributed by atoms with van der Waals surface area (Å²) < 4.78 is 4.70. The van der Waals surface area contributed by atoms with Gasteiger partial charge in [-0.3, -0.25) is 9.59 Å². The number of aromatic nitrogens is 1. The quantitative estimate of drug-likeness (QED) is 0.637. The van der Waals surface area contributed by atoms with E-state index in [4.69, 9.17) is 4.52 Å². The first-order valence-corrected chi connectivity index (χ1v) is 9.58. The van der Waals surface area contributed by atoms with E-state index in [2.05, 4.69) is 17.4 Å². The zero-order chi connectivity index (χ0) is 19.6. The lowest BCUT2D eigenvalue weighted by molar-refractivity contribution is -0.117. The van der Waals surface area contributed by atoms with Crippen LogP contribution >= 0.6 is 0 Å². The molecule has 1 N–H and O–H groups in total. The summed E-state index contributed by atoms with van der Waals surface area (Å²) in [6.07, 6.45) is 5.97. The molecule has 0 saturated heterocycles. The molecule has 0 saturated carbocycles. The monoisotopic (exact) mass is 371 g/mol. The van der Waals surface area contributed by atoms with Crippen molar-refractivity contribution in [2.45, 2.75) is 46.5 Å². The fourth-order valence-electron chi connectivity index (χ4n) is 2.87. The summed E-state index contributed by atoms with van der Waals surface area (Å²) in [6.45, 7) is 6.70. The largest absolute Gasteiger partial charge is 0.363 e. The number of hydrogen-bond donors (Lipinski definition) is 1. The Labute approximate surface area is 160 Å². The van der Waals surface area contributed by atoms with Crippen LogP contribution in [0.5, 0.6) is 0 Å². The first-order chi connectivity index (χ1) is 13.0. The molecule has 0 aliphatic rings. The lowest BCUT2D eigenvalue weighted by Crippen LogP contribution is -2.40. The number of anilines is 1. The fraction of sp³-hybridized carbons (Fsp3) is 0.476. The number of nitrogens with zero attached hydrogens (tertiary/aromatic N) is 2. The molecule has 0 radical (unpaired) electrons. The second-order valence-electron chi connectivity index (χ2n) is 7.17. The maximum absolute atomic E-state index is 12.9. The first kappa shape index (κ1) is 20.7. The second kappa shape index (κ2) is 10.5. The molecule has 0 spiro atoms. The van der Waals surface area contributed by atoms with Crippen molar-refractivity contribution < 1.29 is 14.1 Å². The van der Waals surface area contributed by atoms with Gasteiger partial charge in [-0.2, -0.15) is 0 Å². The van der Waals surface area contributed by atoms with Gasteiger partial charge < -0.3 is 14.7 Å². The molecule has 1 aromatic carbocycles. The molecule has 2 aromatic rings. The predicted molar refractivity (Wildman–Crippen MR) is 106 cm³/mol. The lowest BCUT2D eigenvalue weighted by Gasteiger charge is -2.24. The van der Waals surface area contributed by atoms with Crippen molar-refractivity contribution in [2.24, 2.45) is 5.92 Å². The topological polar surface area (TPSA) is 75.4 Å². The van der Waals surface area contributed by atoms with Crippen molar-refractivity contribution in [1.82, 2.24) is 10.1 Å². The van der Waals surface area contributed by atoms with Crippen LogP contribution in [0.4, 0.5) is 5.82 Å². The zero-order valence-electron chi connectivity index (χ0n) is 16.4. The van der Waals surface area contributed by atoms with Gasteiger partial charge in [-0.15, -0.1) is 0 Å². The molecule has 146 valence electrons. The van der Waals surface area contributed by atoms with E-state index in [0.29, 0.717) is 17.9 Å². The van der Waals surface area contributed by atoms with E-state index in [1.165, 1.54) is 24.7 Å². The van der Waals surface area contributed by atoms with Gasteiger partial charge in [0, 0.05) is 18.2 Å². The minimum atomic E-state index is -0.297. The summed E-state index contributed by atoms with van der Waals surface area (Å²) in [5.41, 5.74) is 1.84.